The van der Waals surface area contributed by atoms with Crippen LogP contribution in [0.4, 0.5) is 23.2 Å². The van der Waals surface area contributed by atoms with E-state index in [1.807, 2.05) is 13.0 Å². The highest BCUT2D eigenvalue weighted by Gasteiger charge is 2.28. The molecule has 0 spiro atoms. The zero-order chi connectivity index (χ0) is 25.6. The maximum absolute atomic E-state index is 13.6. The summed E-state index contributed by atoms with van der Waals surface area (Å²) >= 11 is 2.14. The molecule has 1 atom stereocenters. The number of nitrogens with zero attached hydrogens (tertiary/aromatic N) is 3. The van der Waals surface area contributed by atoms with Crippen molar-refractivity contribution in [3.05, 3.63) is 51.1 Å². The van der Waals surface area contributed by atoms with Crippen LogP contribution in [0.15, 0.2) is 24.3 Å². The molecule has 0 aromatic carbocycles. The molecule has 35 heavy (non-hydrogen) atoms. The van der Waals surface area contributed by atoms with Crippen LogP contribution in [-0.4, -0.2) is 26.6 Å². The van der Waals surface area contributed by atoms with E-state index in [2.05, 4.69) is 15.4 Å². The van der Waals surface area contributed by atoms with Crippen molar-refractivity contribution in [2.24, 2.45) is 5.73 Å². The molecule has 7 nitrogen and oxygen atoms in total. The van der Waals surface area contributed by atoms with Gasteiger partial charge in [-0.3, -0.25) is 14.3 Å². The minimum atomic E-state index is -2.86. The Bertz CT molecular complexity index is 1440. The van der Waals surface area contributed by atoms with Gasteiger partial charge in [0.25, 0.3) is 18.8 Å². The van der Waals surface area contributed by atoms with Gasteiger partial charge in [-0.05, 0) is 45.0 Å². The Morgan fingerprint density at radius 2 is 1.74 bits per heavy atom. The van der Waals surface area contributed by atoms with Crippen molar-refractivity contribution in [1.82, 2.24) is 14.8 Å². The molecule has 0 aliphatic rings. The summed E-state index contributed by atoms with van der Waals surface area (Å²) in [6, 6.07) is 4.94. The second kappa shape index (κ2) is 9.38. The Morgan fingerprint density at radius 3 is 2.29 bits per heavy atom. The standard InChI is InChI=1S/C22H19F4N5O2S2/c1-8-6-13(19(25)26)30-31(8)10(3)21(33)29-16-15-11(14-5-4-9(2)34-14)7-12(18(23)24)28-22(15)35-17(16)20(27)32/h4-7,10,18-19H,1-3H3,(H2,27,32)(H,29,33). The molecule has 4 heterocycles. The molecule has 1 unspecified atom stereocenters. The van der Waals surface area contributed by atoms with Crippen molar-refractivity contribution in [2.75, 3.05) is 5.32 Å². The van der Waals surface area contributed by atoms with E-state index in [4.69, 9.17) is 5.73 Å². The van der Waals surface area contributed by atoms with Gasteiger partial charge in [0.1, 0.15) is 27.1 Å². The van der Waals surface area contributed by atoms with Gasteiger partial charge in [0.2, 0.25) is 5.91 Å². The quantitative estimate of drug-likeness (QED) is 0.288. The first kappa shape index (κ1) is 24.8. The van der Waals surface area contributed by atoms with E-state index in [0.717, 1.165) is 20.9 Å². The molecule has 0 fully saturated rings. The fourth-order valence-corrected chi connectivity index (χ4v) is 5.55. The van der Waals surface area contributed by atoms with E-state index in [1.54, 1.807) is 6.07 Å². The topological polar surface area (TPSA) is 103 Å². The number of primary amides is 1. The Morgan fingerprint density at radius 1 is 1.06 bits per heavy atom. The molecule has 0 radical (unpaired) electrons. The van der Waals surface area contributed by atoms with Crippen molar-refractivity contribution in [1.29, 1.82) is 0 Å². The third-order valence-corrected chi connectivity index (χ3v) is 7.43. The largest absolute Gasteiger partial charge is 0.365 e. The van der Waals surface area contributed by atoms with Gasteiger partial charge >= 0.3 is 0 Å². The lowest BCUT2D eigenvalue weighted by Gasteiger charge is -2.15. The average Bonchev–Trinajstić information content (AvgIpc) is 3.49. The number of carbonyl (C=O) groups excluding carboxylic acids is 2. The summed E-state index contributed by atoms with van der Waals surface area (Å²) in [4.78, 5) is 31.0. The summed E-state index contributed by atoms with van der Waals surface area (Å²) < 4.78 is 54.4. The Labute approximate surface area is 204 Å². The first-order valence-corrected chi connectivity index (χ1v) is 11.9. The summed E-state index contributed by atoms with van der Waals surface area (Å²) in [7, 11) is 0. The molecule has 0 aliphatic carbocycles. The number of hydrogen-bond donors (Lipinski definition) is 2. The number of anilines is 1. The summed E-state index contributed by atoms with van der Waals surface area (Å²) in [5.41, 5.74) is 5.32. The number of rotatable bonds is 7. The van der Waals surface area contributed by atoms with E-state index in [0.29, 0.717) is 21.5 Å². The number of pyridine rings is 1. The third kappa shape index (κ3) is 4.65. The van der Waals surface area contributed by atoms with Crippen molar-refractivity contribution in [3.63, 3.8) is 0 Å². The number of alkyl halides is 4. The van der Waals surface area contributed by atoms with Crippen LogP contribution in [0.1, 0.15) is 57.4 Å². The second-order valence-electron chi connectivity index (χ2n) is 7.78. The number of amides is 2. The minimum Gasteiger partial charge on any atom is -0.365 e. The number of carbonyl (C=O) groups is 2. The number of nitrogens with two attached hydrogens (primary N) is 1. The minimum absolute atomic E-state index is 0.0302. The number of fused-ring (bicyclic) bond motifs is 1. The van der Waals surface area contributed by atoms with Crippen LogP contribution >= 0.6 is 22.7 Å². The molecule has 4 aromatic heterocycles. The summed E-state index contributed by atoms with van der Waals surface area (Å²) in [5.74, 6) is -1.54. The molecule has 184 valence electrons. The molecule has 13 heteroatoms. The van der Waals surface area contributed by atoms with E-state index in [-0.39, 0.29) is 15.4 Å². The van der Waals surface area contributed by atoms with E-state index in [9.17, 15) is 27.2 Å². The van der Waals surface area contributed by atoms with Gasteiger partial charge in [0.15, 0.2) is 0 Å². The van der Waals surface area contributed by atoms with Crippen LogP contribution in [0.25, 0.3) is 20.7 Å². The fraction of sp³-hybridized carbons (Fsp3) is 0.273. The summed E-state index contributed by atoms with van der Waals surface area (Å²) in [5, 5.41) is 6.74. The van der Waals surface area contributed by atoms with Crippen LogP contribution in [-0.2, 0) is 4.79 Å². The zero-order valence-electron chi connectivity index (χ0n) is 18.6. The molecular formula is C22H19F4N5O2S2. The van der Waals surface area contributed by atoms with E-state index in [1.165, 1.54) is 37.3 Å². The number of aromatic nitrogens is 3. The summed E-state index contributed by atoms with van der Waals surface area (Å²) in [6.45, 7) is 4.84. The zero-order valence-corrected chi connectivity index (χ0v) is 20.2. The lowest BCUT2D eigenvalue weighted by molar-refractivity contribution is -0.119. The lowest BCUT2D eigenvalue weighted by atomic mass is 10.1. The molecule has 0 aliphatic heterocycles. The molecule has 4 rings (SSSR count). The van der Waals surface area contributed by atoms with Gasteiger partial charge in [0, 0.05) is 26.4 Å². The first-order valence-electron chi connectivity index (χ1n) is 10.2. The second-order valence-corrected chi connectivity index (χ2v) is 10.1. The molecule has 0 saturated heterocycles. The van der Waals surface area contributed by atoms with Gasteiger partial charge in [-0.25, -0.2) is 22.5 Å². The Balaban J connectivity index is 1.85. The number of halogens is 4. The van der Waals surface area contributed by atoms with Gasteiger partial charge in [-0.15, -0.1) is 22.7 Å². The fourth-order valence-electron chi connectivity index (χ4n) is 3.65. The van der Waals surface area contributed by atoms with Crippen LogP contribution < -0.4 is 11.1 Å². The van der Waals surface area contributed by atoms with Crippen molar-refractivity contribution < 1.29 is 27.2 Å². The Hall–Kier alpha value is -3.32. The summed E-state index contributed by atoms with van der Waals surface area (Å²) in [6.07, 6.45) is -5.66. The first-order chi connectivity index (χ1) is 16.5. The average molecular weight is 526 g/mol. The highest BCUT2D eigenvalue weighted by molar-refractivity contribution is 7.21. The predicted octanol–water partition coefficient (Wildman–Crippen LogP) is 6.01. The number of nitrogens with one attached hydrogen (secondary N) is 1. The number of thiophene rings is 2. The van der Waals surface area contributed by atoms with E-state index < -0.39 is 42.1 Å². The molecule has 0 saturated carbocycles. The van der Waals surface area contributed by atoms with Crippen LogP contribution in [0.5, 0.6) is 0 Å². The van der Waals surface area contributed by atoms with Gasteiger partial charge < -0.3 is 11.1 Å². The van der Waals surface area contributed by atoms with Gasteiger partial charge in [-0.2, -0.15) is 5.10 Å². The normalized spacial score (nSPS) is 12.6. The highest BCUT2D eigenvalue weighted by atomic mass is 32.1. The molecule has 0 bridgehead atoms. The van der Waals surface area contributed by atoms with Crippen molar-refractivity contribution >= 4 is 50.4 Å². The third-order valence-electron chi connectivity index (χ3n) is 5.29. The van der Waals surface area contributed by atoms with Crippen LogP contribution in [0.3, 0.4) is 0 Å². The SMILES string of the molecule is Cc1ccc(-c2cc(C(F)F)nc3sc(C(N)=O)c(NC(=O)C(C)n4nc(C(F)F)cc4C)c23)s1. The predicted molar refractivity (Wildman–Crippen MR) is 126 cm³/mol. The lowest BCUT2D eigenvalue weighted by Crippen LogP contribution is -2.26. The highest BCUT2D eigenvalue weighted by Crippen LogP contribution is 2.44. The smallest absolute Gasteiger partial charge is 0.282 e. The van der Waals surface area contributed by atoms with Crippen molar-refractivity contribution in [2.45, 2.75) is 39.7 Å². The van der Waals surface area contributed by atoms with Crippen LogP contribution in [0, 0.1) is 13.8 Å². The van der Waals surface area contributed by atoms with Gasteiger partial charge in [-0.1, -0.05) is 0 Å². The maximum atomic E-state index is 13.6. The number of aryl methyl sites for hydroxylation is 2. The Kier molecular flexibility index (Phi) is 6.64. The molecule has 4 aromatic rings. The van der Waals surface area contributed by atoms with Crippen LogP contribution in [0.2, 0.25) is 0 Å². The molecule has 3 N–H and O–H groups in total. The van der Waals surface area contributed by atoms with Crippen molar-refractivity contribution in [3.8, 4) is 10.4 Å². The molecular weight excluding hydrogens is 506 g/mol. The maximum Gasteiger partial charge on any atom is 0.282 e. The molecule has 2 amide bonds. The number of hydrogen-bond acceptors (Lipinski definition) is 6. The van der Waals surface area contributed by atoms with E-state index >= 15 is 0 Å². The monoisotopic (exact) mass is 525 g/mol. The van der Waals surface area contributed by atoms with Gasteiger partial charge in [0.05, 0.1) is 5.69 Å².